The van der Waals surface area contributed by atoms with E-state index in [9.17, 15) is 0 Å². The molecule has 4 nitrogen and oxygen atoms in total. The molecule has 17 heavy (non-hydrogen) atoms. The maximum absolute atomic E-state index is 5.73. The Kier molecular flexibility index (Phi) is 2.93. The molecule has 5 heteroatoms. The Balaban J connectivity index is 1.80. The lowest BCUT2D eigenvalue weighted by Gasteiger charge is -2.19. The number of fused-ring (bicyclic) bond motifs is 1. The second-order valence-electron chi connectivity index (χ2n) is 4.48. The zero-order valence-electron chi connectivity index (χ0n) is 9.67. The summed E-state index contributed by atoms with van der Waals surface area (Å²) in [4.78, 5) is 4.53. The number of nitrogens with zero attached hydrogens (tertiary/aromatic N) is 3. The van der Waals surface area contributed by atoms with Gasteiger partial charge in [0.2, 0.25) is 0 Å². The van der Waals surface area contributed by atoms with E-state index >= 15 is 0 Å². The van der Waals surface area contributed by atoms with E-state index in [1.165, 1.54) is 25.0 Å². The second-order valence-corrected chi connectivity index (χ2v) is 5.89. The van der Waals surface area contributed by atoms with Crippen molar-refractivity contribution in [2.24, 2.45) is 0 Å². The topological polar surface area (TPSA) is 56.2 Å². The van der Waals surface area contributed by atoms with Crippen LogP contribution in [0.2, 0.25) is 0 Å². The highest BCUT2D eigenvalue weighted by Gasteiger charge is 2.16. The van der Waals surface area contributed by atoms with Crippen molar-refractivity contribution in [3.63, 3.8) is 0 Å². The Morgan fingerprint density at radius 1 is 1.47 bits per heavy atom. The maximum atomic E-state index is 5.73. The zero-order chi connectivity index (χ0) is 11.7. The van der Waals surface area contributed by atoms with Crippen LogP contribution in [0.5, 0.6) is 0 Å². The van der Waals surface area contributed by atoms with Crippen molar-refractivity contribution in [2.45, 2.75) is 30.9 Å². The highest BCUT2D eigenvalue weighted by atomic mass is 32.2. The molecule has 1 atom stereocenters. The van der Waals surface area contributed by atoms with E-state index in [-0.39, 0.29) is 0 Å². The van der Waals surface area contributed by atoms with Gasteiger partial charge in [0.15, 0.2) is 11.5 Å². The van der Waals surface area contributed by atoms with E-state index in [2.05, 4.69) is 21.8 Å². The van der Waals surface area contributed by atoms with Crippen LogP contribution in [0.3, 0.4) is 0 Å². The van der Waals surface area contributed by atoms with Gasteiger partial charge in [0.05, 0.1) is 0 Å². The monoisotopic (exact) mass is 248 g/mol. The van der Waals surface area contributed by atoms with Crippen molar-refractivity contribution in [3.05, 3.63) is 24.2 Å². The fraction of sp³-hybridized carbons (Fsp3) is 0.500. The Bertz CT molecular complexity index is 516. The van der Waals surface area contributed by atoms with E-state index < -0.39 is 0 Å². The summed E-state index contributed by atoms with van der Waals surface area (Å²) in [7, 11) is 0. The van der Waals surface area contributed by atoms with Gasteiger partial charge in [0, 0.05) is 29.6 Å². The fourth-order valence-electron chi connectivity index (χ4n) is 2.20. The molecule has 2 aromatic rings. The lowest BCUT2D eigenvalue weighted by molar-refractivity contribution is 0.647. The van der Waals surface area contributed by atoms with Crippen LogP contribution in [0.1, 0.15) is 25.1 Å². The summed E-state index contributed by atoms with van der Waals surface area (Å²) in [5.41, 5.74) is 7.32. The van der Waals surface area contributed by atoms with Crippen molar-refractivity contribution in [1.29, 1.82) is 0 Å². The fourth-order valence-corrected chi connectivity index (χ4v) is 3.51. The molecule has 90 valence electrons. The summed E-state index contributed by atoms with van der Waals surface area (Å²) >= 11 is 2.06. The van der Waals surface area contributed by atoms with Crippen LogP contribution in [0, 0.1) is 0 Å². The van der Waals surface area contributed by atoms with Crippen molar-refractivity contribution in [1.82, 2.24) is 14.6 Å². The molecule has 1 aliphatic rings. The van der Waals surface area contributed by atoms with Crippen molar-refractivity contribution >= 4 is 23.1 Å². The smallest absolute Gasteiger partial charge is 0.157 e. The molecule has 0 amide bonds. The summed E-state index contributed by atoms with van der Waals surface area (Å²) < 4.78 is 1.80. The average Bonchev–Trinajstić information content (AvgIpc) is 2.71. The number of thioether (sulfide) groups is 1. The van der Waals surface area contributed by atoms with Crippen molar-refractivity contribution in [2.75, 3.05) is 11.5 Å². The van der Waals surface area contributed by atoms with Crippen LogP contribution in [0.15, 0.2) is 18.3 Å². The van der Waals surface area contributed by atoms with Crippen molar-refractivity contribution in [3.8, 4) is 0 Å². The number of anilines is 1. The maximum Gasteiger partial charge on any atom is 0.157 e. The molecule has 0 aromatic carbocycles. The third kappa shape index (κ3) is 2.39. The number of hydrogen-bond acceptors (Lipinski definition) is 4. The number of pyridine rings is 1. The summed E-state index contributed by atoms with van der Waals surface area (Å²) in [6.07, 6.45) is 6.85. The third-order valence-electron chi connectivity index (χ3n) is 3.09. The van der Waals surface area contributed by atoms with Crippen LogP contribution >= 0.6 is 11.8 Å². The number of rotatable bonds is 2. The summed E-state index contributed by atoms with van der Waals surface area (Å²) in [6.45, 7) is 0. The van der Waals surface area contributed by atoms with Crippen LogP contribution in [0.25, 0.3) is 5.65 Å². The Labute approximate surface area is 105 Å². The molecule has 2 aromatic heterocycles. The first-order valence-corrected chi connectivity index (χ1v) is 7.08. The summed E-state index contributed by atoms with van der Waals surface area (Å²) in [5, 5.41) is 5.18. The van der Waals surface area contributed by atoms with Gasteiger partial charge in [-0.25, -0.2) is 9.50 Å². The Morgan fingerprint density at radius 2 is 2.41 bits per heavy atom. The van der Waals surface area contributed by atoms with Crippen LogP contribution in [-0.2, 0) is 6.42 Å². The first-order valence-electron chi connectivity index (χ1n) is 6.04. The van der Waals surface area contributed by atoms with E-state index in [1.54, 1.807) is 4.52 Å². The number of nitrogen functional groups attached to an aromatic ring is 1. The van der Waals surface area contributed by atoms with E-state index in [0.717, 1.165) is 23.6 Å². The number of hydrogen-bond donors (Lipinski definition) is 1. The van der Waals surface area contributed by atoms with E-state index in [4.69, 9.17) is 5.73 Å². The predicted molar refractivity (Wildman–Crippen MR) is 71.2 cm³/mol. The van der Waals surface area contributed by atoms with Gasteiger partial charge in [-0.05, 0) is 24.7 Å². The first-order chi connectivity index (χ1) is 8.31. The molecule has 0 spiro atoms. The second kappa shape index (κ2) is 4.56. The quantitative estimate of drug-likeness (QED) is 0.884. The van der Waals surface area contributed by atoms with Gasteiger partial charge in [-0.15, -0.1) is 0 Å². The minimum Gasteiger partial charge on any atom is -0.399 e. The zero-order valence-corrected chi connectivity index (χ0v) is 10.5. The SMILES string of the molecule is Nc1ccn2nc(CC3CCCCS3)nc2c1. The van der Waals surface area contributed by atoms with Gasteiger partial charge < -0.3 is 5.73 Å². The summed E-state index contributed by atoms with van der Waals surface area (Å²) in [6, 6.07) is 3.71. The lowest BCUT2D eigenvalue weighted by Crippen LogP contribution is -2.13. The molecule has 1 saturated heterocycles. The van der Waals surface area contributed by atoms with Gasteiger partial charge in [0.25, 0.3) is 0 Å². The number of aromatic nitrogens is 3. The molecular weight excluding hydrogens is 232 g/mol. The van der Waals surface area contributed by atoms with Crippen LogP contribution in [-0.4, -0.2) is 25.6 Å². The summed E-state index contributed by atoms with van der Waals surface area (Å²) in [5.74, 6) is 2.22. The molecule has 0 bridgehead atoms. The molecule has 3 rings (SSSR count). The normalized spacial score (nSPS) is 20.8. The van der Waals surface area contributed by atoms with Crippen LogP contribution < -0.4 is 5.73 Å². The van der Waals surface area contributed by atoms with Gasteiger partial charge in [-0.2, -0.15) is 16.9 Å². The highest BCUT2D eigenvalue weighted by molar-refractivity contribution is 7.99. The molecular formula is C12H16N4S. The number of nitrogens with two attached hydrogens (primary N) is 1. The molecule has 0 radical (unpaired) electrons. The molecule has 2 N–H and O–H groups in total. The highest BCUT2D eigenvalue weighted by Crippen LogP contribution is 2.27. The first kappa shape index (κ1) is 10.9. The molecule has 1 aliphatic heterocycles. The van der Waals surface area contributed by atoms with Gasteiger partial charge >= 0.3 is 0 Å². The van der Waals surface area contributed by atoms with Gasteiger partial charge in [-0.3, -0.25) is 0 Å². The minimum absolute atomic E-state index is 0.693. The lowest BCUT2D eigenvalue weighted by atomic mass is 10.1. The largest absolute Gasteiger partial charge is 0.399 e. The van der Waals surface area contributed by atoms with Crippen molar-refractivity contribution < 1.29 is 0 Å². The Hall–Kier alpha value is -1.23. The molecule has 0 aliphatic carbocycles. The van der Waals surface area contributed by atoms with Crippen LogP contribution in [0.4, 0.5) is 5.69 Å². The van der Waals surface area contributed by atoms with Gasteiger partial charge in [0.1, 0.15) is 0 Å². The molecule has 0 saturated carbocycles. The van der Waals surface area contributed by atoms with E-state index in [1.807, 2.05) is 18.3 Å². The molecule has 3 heterocycles. The minimum atomic E-state index is 0.693. The van der Waals surface area contributed by atoms with E-state index in [0.29, 0.717) is 5.25 Å². The predicted octanol–water partition coefficient (Wildman–Crippen LogP) is 2.14. The Morgan fingerprint density at radius 3 is 3.24 bits per heavy atom. The molecule has 1 unspecified atom stereocenters. The third-order valence-corrected chi connectivity index (χ3v) is 4.49. The standard InChI is InChI=1S/C12H16N4S/c13-9-4-5-16-12(7-9)14-11(15-16)8-10-3-1-2-6-17-10/h4-5,7,10H,1-3,6,8,13H2. The van der Waals surface area contributed by atoms with Gasteiger partial charge in [-0.1, -0.05) is 6.42 Å². The molecule has 1 fully saturated rings. The average molecular weight is 248 g/mol.